The van der Waals surface area contributed by atoms with E-state index in [1.165, 1.54) is 11.1 Å². The molecule has 0 atom stereocenters. The number of rotatable bonds is 6. The number of amides is 1. The maximum Gasteiger partial charge on any atom is 0.234 e. The molecule has 1 amide bonds. The molecule has 0 spiro atoms. The summed E-state index contributed by atoms with van der Waals surface area (Å²) in [5, 5.41) is 7.61. The minimum Gasteiger partial charge on any atom is -0.322 e. The fraction of sp³-hybridized carbons (Fsp3) is 0.238. The van der Waals surface area contributed by atoms with Gasteiger partial charge in [0.25, 0.3) is 0 Å². The maximum absolute atomic E-state index is 12.3. The van der Waals surface area contributed by atoms with E-state index in [0.29, 0.717) is 5.75 Å². The molecule has 0 bridgehead atoms. The number of aryl methyl sites for hydroxylation is 2. The van der Waals surface area contributed by atoms with Gasteiger partial charge in [-0.15, -0.1) is 11.8 Å². The number of benzene rings is 2. The van der Waals surface area contributed by atoms with Crippen molar-refractivity contribution in [3.8, 4) is 5.69 Å². The van der Waals surface area contributed by atoms with E-state index in [4.69, 9.17) is 0 Å². The third-order valence-corrected chi connectivity index (χ3v) is 5.18. The van der Waals surface area contributed by atoms with Crippen molar-refractivity contribution in [2.24, 2.45) is 0 Å². The van der Waals surface area contributed by atoms with Crippen LogP contribution in [0.4, 0.5) is 5.69 Å². The summed E-state index contributed by atoms with van der Waals surface area (Å²) in [6.45, 7) is 5.96. The Bertz CT molecular complexity index is 886. The summed E-state index contributed by atoms with van der Waals surface area (Å²) in [4.78, 5) is 12.3. The van der Waals surface area contributed by atoms with Gasteiger partial charge in [-0.1, -0.05) is 48.0 Å². The smallest absolute Gasteiger partial charge is 0.234 e. The van der Waals surface area contributed by atoms with Crippen molar-refractivity contribution in [1.82, 2.24) is 9.78 Å². The molecule has 4 nitrogen and oxygen atoms in total. The molecular formula is C21H23N3OS. The van der Waals surface area contributed by atoms with Crippen LogP contribution in [0.1, 0.15) is 22.5 Å². The molecule has 134 valence electrons. The number of aromatic nitrogens is 2. The van der Waals surface area contributed by atoms with E-state index in [1.54, 1.807) is 11.8 Å². The van der Waals surface area contributed by atoms with Crippen LogP contribution >= 0.6 is 11.8 Å². The number of nitrogens with zero attached hydrogens (tertiary/aromatic N) is 2. The Labute approximate surface area is 158 Å². The Morgan fingerprint density at radius 2 is 1.73 bits per heavy atom. The summed E-state index contributed by atoms with van der Waals surface area (Å²) in [6.07, 6.45) is 0. The zero-order valence-electron chi connectivity index (χ0n) is 15.3. The van der Waals surface area contributed by atoms with Crippen LogP contribution in [-0.4, -0.2) is 21.4 Å². The summed E-state index contributed by atoms with van der Waals surface area (Å²) in [5.41, 5.74) is 5.99. The highest BCUT2D eigenvalue weighted by Gasteiger charge is 2.15. The quantitative estimate of drug-likeness (QED) is 0.690. The Kier molecular flexibility index (Phi) is 5.78. The van der Waals surface area contributed by atoms with E-state index in [1.807, 2.05) is 48.9 Å². The van der Waals surface area contributed by atoms with Gasteiger partial charge >= 0.3 is 0 Å². The predicted octanol–water partition coefficient (Wildman–Crippen LogP) is 4.67. The average molecular weight is 366 g/mol. The Morgan fingerprint density at radius 1 is 1.04 bits per heavy atom. The lowest BCUT2D eigenvalue weighted by atomic mass is 10.2. The number of carbonyl (C=O) groups is 1. The Balaban J connectivity index is 1.64. The topological polar surface area (TPSA) is 46.9 Å². The largest absolute Gasteiger partial charge is 0.322 e. The molecule has 0 saturated carbocycles. The minimum atomic E-state index is 0.000544. The third kappa shape index (κ3) is 4.35. The average Bonchev–Trinajstić information content (AvgIpc) is 2.91. The van der Waals surface area contributed by atoms with Gasteiger partial charge in [0.05, 0.1) is 28.5 Å². The van der Waals surface area contributed by atoms with Crippen LogP contribution in [0.25, 0.3) is 5.69 Å². The van der Waals surface area contributed by atoms with Crippen molar-refractivity contribution in [1.29, 1.82) is 0 Å². The van der Waals surface area contributed by atoms with Gasteiger partial charge in [0.15, 0.2) is 0 Å². The van der Waals surface area contributed by atoms with E-state index in [-0.39, 0.29) is 5.91 Å². The van der Waals surface area contributed by atoms with Crippen LogP contribution < -0.4 is 5.32 Å². The molecule has 3 aromatic rings. The molecule has 3 rings (SSSR count). The van der Waals surface area contributed by atoms with Gasteiger partial charge in [-0.25, -0.2) is 4.68 Å². The van der Waals surface area contributed by atoms with Crippen molar-refractivity contribution in [3.63, 3.8) is 0 Å². The number of hydrogen-bond acceptors (Lipinski definition) is 3. The van der Waals surface area contributed by atoms with E-state index < -0.39 is 0 Å². The van der Waals surface area contributed by atoms with Gasteiger partial charge in [0.1, 0.15) is 0 Å². The second-order valence-electron chi connectivity index (χ2n) is 6.32. The minimum absolute atomic E-state index is 0.000544. The SMILES string of the molecule is Cc1ccc(-n2nc(C)c(NC(=O)CSCc3ccccc3)c2C)cc1. The lowest BCUT2D eigenvalue weighted by Gasteiger charge is -2.07. The number of anilines is 1. The highest BCUT2D eigenvalue weighted by Crippen LogP contribution is 2.23. The number of carbonyl (C=O) groups excluding carboxylic acids is 1. The van der Waals surface area contributed by atoms with Crippen LogP contribution in [-0.2, 0) is 10.5 Å². The van der Waals surface area contributed by atoms with Crippen molar-refractivity contribution in [3.05, 3.63) is 77.1 Å². The summed E-state index contributed by atoms with van der Waals surface area (Å²) >= 11 is 1.61. The highest BCUT2D eigenvalue weighted by molar-refractivity contribution is 7.99. The lowest BCUT2D eigenvalue weighted by molar-refractivity contribution is -0.113. The first-order valence-corrected chi connectivity index (χ1v) is 9.75. The summed E-state index contributed by atoms with van der Waals surface area (Å²) in [6, 6.07) is 18.4. The van der Waals surface area contributed by atoms with Crippen molar-refractivity contribution < 1.29 is 4.79 Å². The summed E-state index contributed by atoms with van der Waals surface area (Å²) < 4.78 is 1.88. The van der Waals surface area contributed by atoms with Crippen LogP contribution in [0.2, 0.25) is 0 Å². The van der Waals surface area contributed by atoms with Gasteiger partial charge < -0.3 is 5.32 Å². The molecule has 0 fully saturated rings. The standard InChI is InChI=1S/C21H23N3OS/c1-15-9-11-19(12-10-15)24-17(3)21(16(2)23-24)22-20(25)14-26-13-18-7-5-4-6-8-18/h4-12H,13-14H2,1-3H3,(H,22,25). The zero-order chi connectivity index (χ0) is 18.5. The predicted molar refractivity (Wildman–Crippen MR) is 109 cm³/mol. The monoisotopic (exact) mass is 365 g/mol. The van der Waals surface area contributed by atoms with E-state index >= 15 is 0 Å². The number of thioether (sulfide) groups is 1. The second-order valence-corrected chi connectivity index (χ2v) is 7.31. The summed E-state index contributed by atoms with van der Waals surface area (Å²) in [5.74, 6) is 1.25. The molecule has 0 saturated heterocycles. The molecule has 2 aromatic carbocycles. The van der Waals surface area contributed by atoms with Crippen LogP contribution in [0.15, 0.2) is 54.6 Å². The molecule has 1 heterocycles. The molecule has 26 heavy (non-hydrogen) atoms. The molecule has 0 aliphatic heterocycles. The normalized spacial score (nSPS) is 10.7. The van der Waals surface area contributed by atoms with E-state index in [9.17, 15) is 4.79 Å². The number of hydrogen-bond donors (Lipinski definition) is 1. The van der Waals surface area contributed by atoms with Crippen LogP contribution in [0.5, 0.6) is 0 Å². The van der Waals surface area contributed by atoms with E-state index in [2.05, 4.69) is 41.6 Å². The van der Waals surface area contributed by atoms with Gasteiger partial charge in [-0.05, 0) is 38.5 Å². The molecule has 5 heteroatoms. The van der Waals surface area contributed by atoms with Crippen molar-refractivity contribution >= 4 is 23.4 Å². The number of nitrogens with one attached hydrogen (secondary N) is 1. The lowest BCUT2D eigenvalue weighted by Crippen LogP contribution is -2.15. The van der Waals surface area contributed by atoms with Crippen LogP contribution in [0.3, 0.4) is 0 Å². The third-order valence-electron chi connectivity index (χ3n) is 4.18. The molecule has 0 radical (unpaired) electrons. The fourth-order valence-corrected chi connectivity index (χ4v) is 3.56. The molecular weight excluding hydrogens is 342 g/mol. The van der Waals surface area contributed by atoms with Gasteiger partial charge in [0, 0.05) is 5.75 Å². The Morgan fingerprint density at radius 3 is 2.42 bits per heavy atom. The summed E-state index contributed by atoms with van der Waals surface area (Å²) in [7, 11) is 0. The molecule has 1 N–H and O–H groups in total. The highest BCUT2D eigenvalue weighted by atomic mass is 32.2. The second kappa shape index (κ2) is 8.23. The Hall–Kier alpha value is -2.53. The van der Waals surface area contributed by atoms with Crippen LogP contribution in [0, 0.1) is 20.8 Å². The van der Waals surface area contributed by atoms with E-state index in [0.717, 1.165) is 28.5 Å². The molecule has 0 aliphatic carbocycles. The van der Waals surface area contributed by atoms with Gasteiger partial charge in [-0.3, -0.25) is 4.79 Å². The maximum atomic E-state index is 12.3. The fourth-order valence-electron chi connectivity index (χ4n) is 2.77. The zero-order valence-corrected chi connectivity index (χ0v) is 16.1. The van der Waals surface area contributed by atoms with Crippen molar-refractivity contribution in [2.45, 2.75) is 26.5 Å². The first kappa shape index (κ1) is 18.3. The first-order chi connectivity index (χ1) is 12.5. The molecule has 1 aromatic heterocycles. The molecule has 0 aliphatic rings. The first-order valence-electron chi connectivity index (χ1n) is 8.59. The molecule has 0 unspecified atom stereocenters. The van der Waals surface area contributed by atoms with Crippen molar-refractivity contribution in [2.75, 3.05) is 11.1 Å². The van der Waals surface area contributed by atoms with Gasteiger partial charge in [-0.2, -0.15) is 5.10 Å². The van der Waals surface area contributed by atoms with Gasteiger partial charge in [0.2, 0.25) is 5.91 Å².